The van der Waals surface area contributed by atoms with Gasteiger partial charge in [0.1, 0.15) is 18.2 Å². The van der Waals surface area contributed by atoms with E-state index in [1.54, 1.807) is 0 Å². The van der Waals surface area contributed by atoms with E-state index in [9.17, 15) is 8.78 Å². The summed E-state index contributed by atoms with van der Waals surface area (Å²) in [5.74, 6) is 6.46. The molecule has 0 radical (unpaired) electrons. The molecule has 0 saturated heterocycles. The summed E-state index contributed by atoms with van der Waals surface area (Å²) in [6, 6.07) is 0. The Morgan fingerprint density at radius 2 is 2.26 bits per heavy atom. The number of nitrogens with two attached hydrogens (primary N) is 1. The van der Waals surface area contributed by atoms with Crippen molar-refractivity contribution in [1.29, 1.82) is 0 Å². The summed E-state index contributed by atoms with van der Waals surface area (Å²) in [6.45, 7) is 0.622. The van der Waals surface area contributed by atoms with Crippen LogP contribution in [0.2, 0.25) is 0 Å². The largest absolute Gasteiger partial charge is 0.376 e. The maximum atomic E-state index is 11.9. The summed E-state index contributed by atoms with van der Waals surface area (Å²) in [4.78, 5) is 8.61. The topological polar surface area (TPSA) is 82.3 Å². The molecule has 8 heteroatoms. The van der Waals surface area contributed by atoms with Crippen LogP contribution >= 0.6 is 0 Å². The number of aromatic nitrogens is 2. The van der Waals surface area contributed by atoms with E-state index < -0.39 is 13.0 Å². The molecule has 0 amide bonds. The summed E-state index contributed by atoms with van der Waals surface area (Å²) < 4.78 is 33.9. The van der Waals surface area contributed by atoms with Crippen molar-refractivity contribution in [3.8, 4) is 0 Å². The molecule has 0 spiro atoms. The zero-order chi connectivity index (χ0) is 13.7. The smallest absolute Gasteiger partial charge is 0.261 e. The number of hydrazine groups is 1. The predicted octanol–water partition coefficient (Wildman–Crippen LogP) is 0.659. The van der Waals surface area contributed by atoms with E-state index in [-0.39, 0.29) is 6.61 Å². The summed E-state index contributed by atoms with van der Waals surface area (Å²) in [6.07, 6.45) is -1.39. The van der Waals surface area contributed by atoms with E-state index >= 15 is 0 Å². The summed E-state index contributed by atoms with van der Waals surface area (Å²) >= 11 is 0. The molecule has 1 aliphatic heterocycles. The molecule has 1 aliphatic rings. The second-order valence-electron chi connectivity index (χ2n) is 4.08. The maximum absolute atomic E-state index is 11.9. The van der Waals surface area contributed by atoms with Gasteiger partial charge in [0.15, 0.2) is 0 Å². The van der Waals surface area contributed by atoms with E-state index in [1.807, 2.05) is 0 Å². The number of rotatable bonds is 6. The fourth-order valence-corrected chi connectivity index (χ4v) is 1.85. The first kappa shape index (κ1) is 14.0. The van der Waals surface area contributed by atoms with Crippen molar-refractivity contribution in [2.75, 3.05) is 25.2 Å². The van der Waals surface area contributed by atoms with Gasteiger partial charge >= 0.3 is 0 Å². The molecule has 1 aromatic heterocycles. The second kappa shape index (κ2) is 6.69. The van der Waals surface area contributed by atoms with Gasteiger partial charge in [0.2, 0.25) is 0 Å². The van der Waals surface area contributed by atoms with Gasteiger partial charge in [-0.15, -0.1) is 0 Å². The van der Waals surface area contributed by atoms with Crippen LogP contribution in [0.1, 0.15) is 17.1 Å². The van der Waals surface area contributed by atoms with Gasteiger partial charge < -0.3 is 14.9 Å². The number of halogens is 2. The molecule has 2 rings (SSSR count). The summed E-state index contributed by atoms with van der Waals surface area (Å²) in [7, 11) is 0. The molecule has 0 fully saturated rings. The van der Waals surface area contributed by atoms with Crippen LogP contribution in [-0.2, 0) is 28.9 Å². The average Bonchev–Trinajstić information content (AvgIpc) is 2.42. The Labute approximate surface area is 109 Å². The van der Waals surface area contributed by atoms with E-state index in [0.29, 0.717) is 37.7 Å². The molecule has 19 heavy (non-hydrogen) atoms. The predicted molar refractivity (Wildman–Crippen MR) is 63.7 cm³/mol. The third-order valence-corrected chi connectivity index (χ3v) is 2.72. The number of nitrogen functional groups attached to an aromatic ring is 1. The van der Waals surface area contributed by atoms with Crippen molar-refractivity contribution in [3.63, 3.8) is 0 Å². The van der Waals surface area contributed by atoms with Crippen molar-refractivity contribution >= 4 is 5.82 Å². The fraction of sp³-hybridized carbons (Fsp3) is 0.636. The zero-order valence-electron chi connectivity index (χ0n) is 10.4. The molecule has 1 aromatic rings. The first-order chi connectivity index (χ1) is 9.20. The van der Waals surface area contributed by atoms with Crippen molar-refractivity contribution in [3.05, 3.63) is 17.1 Å². The molecule has 0 unspecified atom stereocenters. The molecular weight excluding hydrogens is 258 g/mol. The Hall–Kier alpha value is -1.38. The van der Waals surface area contributed by atoms with Crippen LogP contribution in [-0.4, -0.2) is 36.2 Å². The molecule has 0 aliphatic carbocycles. The first-order valence-corrected chi connectivity index (χ1v) is 5.99. The van der Waals surface area contributed by atoms with Gasteiger partial charge in [-0.2, -0.15) is 0 Å². The second-order valence-corrected chi connectivity index (χ2v) is 4.08. The van der Waals surface area contributed by atoms with E-state index in [0.717, 1.165) is 11.3 Å². The summed E-state index contributed by atoms with van der Waals surface area (Å²) in [5.41, 5.74) is 4.25. The van der Waals surface area contributed by atoms with Crippen LogP contribution in [0.5, 0.6) is 0 Å². The number of nitrogens with zero attached hydrogens (tertiary/aromatic N) is 2. The Morgan fingerprint density at radius 1 is 1.42 bits per heavy atom. The zero-order valence-corrected chi connectivity index (χ0v) is 10.4. The fourth-order valence-electron chi connectivity index (χ4n) is 1.85. The van der Waals surface area contributed by atoms with E-state index in [1.165, 1.54) is 0 Å². The van der Waals surface area contributed by atoms with Crippen LogP contribution in [0.4, 0.5) is 14.6 Å². The van der Waals surface area contributed by atoms with Gasteiger partial charge in [-0.1, -0.05) is 0 Å². The lowest BCUT2D eigenvalue weighted by molar-refractivity contribution is 0.0182. The normalized spacial score (nSPS) is 14.5. The van der Waals surface area contributed by atoms with Crippen molar-refractivity contribution in [2.45, 2.75) is 25.9 Å². The number of anilines is 1. The number of hydrogen-bond donors (Lipinski definition) is 2. The third kappa shape index (κ3) is 3.79. The minimum absolute atomic E-state index is 0.156. The molecule has 0 aromatic carbocycles. The highest BCUT2D eigenvalue weighted by Crippen LogP contribution is 2.21. The lowest BCUT2D eigenvalue weighted by Crippen LogP contribution is -2.21. The molecule has 106 valence electrons. The Morgan fingerprint density at radius 3 is 3.00 bits per heavy atom. The van der Waals surface area contributed by atoms with Crippen LogP contribution in [0.25, 0.3) is 0 Å². The van der Waals surface area contributed by atoms with Crippen molar-refractivity contribution in [1.82, 2.24) is 9.97 Å². The maximum Gasteiger partial charge on any atom is 0.261 e. The minimum atomic E-state index is -2.46. The van der Waals surface area contributed by atoms with E-state index in [2.05, 4.69) is 15.4 Å². The molecule has 0 saturated carbocycles. The highest BCUT2D eigenvalue weighted by Gasteiger charge is 2.17. The molecular formula is C11H16F2N4O2. The first-order valence-electron chi connectivity index (χ1n) is 5.99. The van der Waals surface area contributed by atoms with Crippen LogP contribution in [0.3, 0.4) is 0 Å². The number of alkyl halides is 2. The molecule has 2 heterocycles. The van der Waals surface area contributed by atoms with Crippen molar-refractivity contribution < 1.29 is 18.3 Å². The van der Waals surface area contributed by atoms with Crippen LogP contribution in [0.15, 0.2) is 0 Å². The molecule has 3 N–H and O–H groups in total. The number of hydrogen-bond acceptors (Lipinski definition) is 6. The van der Waals surface area contributed by atoms with Gasteiger partial charge in [0.25, 0.3) is 6.43 Å². The number of fused-ring (bicyclic) bond motifs is 1. The standard InChI is InChI=1S/C11H16F2N4O2/c12-9(13)6-19-4-2-10-15-8-1-3-18-5-7(8)11(16-10)17-14/h9H,1-6,14H2,(H,15,16,17). The quantitative estimate of drug-likeness (QED) is 0.450. The monoisotopic (exact) mass is 274 g/mol. The lowest BCUT2D eigenvalue weighted by Gasteiger charge is -2.19. The van der Waals surface area contributed by atoms with Gasteiger partial charge in [-0.3, -0.25) is 0 Å². The molecule has 0 atom stereocenters. The third-order valence-electron chi connectivity index (χ3n) is 2.72. The number of nitrogens with one attached hydrogen (secondary N) is 1. The SMILES string of the molecule is NNc1nc(CCOCC(F)F)nc2c1COCC2. The highest BCUT2D eigenvalue weighted by molar-refractivity contribution is 5.46. The van der Waals surface area contributed by atoms with Gasteiger partial charge in [0.05, 0.1) is 25.5 Å². The number of ether oxygens (including phenoxy) is 2. The van der Waals surface area contributed by atoms with Gasteiger partial charge in [-0.05, 0) is 0 Å². The molecule has 0 bridgehead atoms. The minimum Gasteiger partial charge on any atom is -0.376 e. The molecule has 6 nitrogen and oxygen atoms in total. The van der Waals surface area contributed by atoms with Crippen LogP contribution in [0, 0.1) is 0 Å². The van der Waals surface area contributed by atoms with Gasteiger partial charge in [0, 0.05) is 18.4 Å². The Kier molecular flexibility index (Phi) is 4.94. The average molecular weight is 274 g/mol. The van der Waals surface area contributed by atoms with E-state index in [4.69, 9.17) is 15.3 Å². The van der Waals surface area contributed by atoms with Gasteiger partial charge in [-0.25, -0.2) is 24.6 Å². The van der Waals surface area contributed by atoms with Crippen molar-refractivity contribution in [2.24, 2.45) is 5.84 Å². The lowest BCUT2D eigenvalue weighted by atomic mass is 10.1. The highest BCUT2D eigenvalue weighted by atomic mass is 19.3. The van der Waals surface area contributed by atoms with Crippen LogP contribution < -0.4 is 11.3 Å². The Balaban J connectivity index is 2.01. The Bertz CT molecular complexity index is 414. The summed E-state index contributed by atoms with van der Waals surface area (Å²) in [5, 5.41) is 0.